The van der Waals surface area contributed by atoms with Crippen molar-refractivity contribution < 1.29 is 4.52 Å². The first-order valence-electron chi connectivity index (χ1n) is 5.51. The van der Waals surface area contributed by atoms with E-state index in [1.807, 2.05) is 6.92 Å². The maximum absolute atomic E-state index is 11.5. The summed E-state index contributed by atoms with van der Waals surface area (Å²) in [5, 5.41) is 3.79. The number of aryl methyl sites for hydroxylation is 1. The lowest BCUT2D eigenvalue weighted by Crippen LogP contribution is -2.30. The molecule has 0 aliphatic rings. The third-order valence-electron chi connectivity index (χ3n) is 2.33. The van der Waals surface area contributed by atoms with E-state index in [2.05, 4.69) is 15.1 Å². The van der Waals surface area contributed by atoms with E-state index in [0.29, 0.717) is 11.7 Å². The van der Waals surface area contributed by atoms with Gasteiger partial charge in [0, 0.05) is 12.4 Å². The average molecular weight is 249 g/mol. The van der Waals surface area contributed by atoms with E-state index in [0.717, 1.165) is 5.56 Å². The minimum Gasteiger partial charge on any atom is -0.337 e. The molecule has 0 aliphatic heterocycles. The lowest BCUT2D eigenvalue weighted by Gasteiger charge is -2.11. The van der Waals surface area contributed by atoms with Gasteiger partial charge in [0.15, 0.2) is 5.82 Å². The Balaban J connectivity index is 2.27. The maximum atomic E-state index is 11.5. The molecule has 0 fully saturated rings. The van der Waals surface area contributed by atoms with Gasteiger partial charge in [-0.05, 0) is 26.3 Å². The van der Waals surface area contributed by atoms with Crippen LogP contribution < -0.4 is 11.4 Å². The van der Waals surface area contributed by atoms with Crippen LogP contribution in [0.4, 0.5) is 0 Å². The summed E-state index contributed by atoms with van der Waals surface area (Å²) >= 11 is 0. The monoisotopic (exact) mass is 249 g/mol. The highest BCUT2D eigenvalue weighted by Crippen LogP contribution is 2.12. The summed E-state index contributed by atoms with van der Waals surface area (Å²) < 4.78 is 6.47. The Labute approximate surface area is 104 Å². The zero-order valence-electron chi connectivity index (χ0n) is 10.5. The van der Waals surface area contributed by atoms with Crippen LogP contribution in [0.2, 0.25) is 0 Å². The van der Waals surface area contributed by atoms with Crippen molar-refractivity contribution in [1.82, 2.24) is 19.7 Å². The number of aromatic nitrogens is 4. The Kier molecular flexibility index (Phi) is 3.00. The van der Waals surface area contributed by atoms with Crippen LogP contribution in [0.5, 0.6) is 0 Å². The van der Waals surface area contributed by atoms with Crippen LogP contribution in [0, 0.1) is 6.92 Å². The third kappa shape index (κ3) is 2.62. The molecule has 0 spiro atoms. The van der Waals surface area contributed by atoms with Crippen LogP contribution in [0.1, 0.15) is 31.1 Å². The normalized spacial score (nSPS) is 11.8. The van der Waals surface area contributed by atoms with Gasteiger partial charge in [-0.2, -0.15) is 4.98 Å². The predicted molar refractivity (Wildman–Crippen MR) is 63.8 cm³/mol. The van der Waals surface area contributed by atoms with E-state index < -0.39 is 5.54 Å². The van der Waals surface area contributed by atoms with Crippen molar-refractivity contribution in [2.45, 2.75) is 32.9 Å². The van der Waals surface area contributed by atoms with Crippen LogP contribution in [0.15, 0.2) is 21.7 Å². The molecule has 0 bridgehead atoms. The third-order valence-corrected chi connectivity index (χ3v) is 2.33. The quantitative estimate of drug-likeness (QED) is 0.832. The summed E-state index contributed by atoms with van der Waals surface area (Å²) in [6.07, 6.45) is 3.20. The fraction of sp³-hybridized carbons (Fsp3) is 0.455. The van der Waals surface area contributed by atoms with Gasteiger partial charge >= 0.3 is 5.69 Å². The molecule has 2 heterocycles. The largest absolute Gasteiger partial charge is 0.347 e. The number of hydrogen-bond donors (Lipinski definition) is 1. The zero-order valence-corrected chi connectivity index (χ0v) is 10.5. The molecule has 0 unspecified atom stereocenters. The van der Waals surface area contributed by atoms with Crippen molar-refractivity contribution in [1.29, 1.82) is 0 Å². The van der Waals surface area contributed by atoms with Crippen LogP contribution in [-0.2, 0) is 12.1 Å². The fourth-order valence-electron chi connectivity index (χ4n) is 1.41. The van der Waals surface area contributed by atoms with Gasteiger partial charge in [0.25, 0.3) is 0 Å². The Morgan fingerprint density at radius 2 is 2.22 bits per heavy atom. The number of rotatable bonds is 3. The van der Waals surface area contributed by atoms with Gasteiger partial charge in [-0.15, -0.1) is 0 Å². The van der Waals surface area contributed by atoms with Crippen LogP contribution >= 0.6 is 0 Å². The molecule has 2 aromatic heterocycles. The van der Waals surface area contributed by atoms with Gasteiger partial charge in [-0.25, -0.2) is 9.78 Å². The number of hydrogen-bond acceptors (Lipinski definition) is 6. The van der Waals surface area contributed by atoms with Crippen LogP contribution in [-0.4, -0.2) is 19.7 Å². The molecule has 0 saturated heterocycles. The van der Waals surface area contributed by atoms with Crippen molar-refractivity contribution >= 4 is 0 Å². The first-order valence-corrected chi connectivity index (χ1v) is 5.51. The Morgan fingerprint density at radius 3 is 2.83 bits per heavy atom. The van der Waals surface area contributed by atoms with Gasteiger partial charge in [0.2, 0.25) is 5.89 Å². The molecule has 2 N–H and O–H groups in total. The van der Waals surface area contributed by atoms with E-state index in [-0.39, 0.29) is 12.2 Å². The number of nitrogens with two attached hydrogens (primary N) is 1. The van der Waals surface area contributed by atoms with Crippen LogP contribution in [0.25, 0.3) is 0 Å². The van der Waals surface area contributed by atoms with Gasteiger partial charge in [-0.3, -0.25) is 4.57 Å². The van der Waals surface area contributed by atoms with Gasteiger partial charge in [-0.1, -0.05) is 5.16 Å². The second kappa shape index (κ2) is 4.34. The Hall–Kier alpha value is -2.02. The SMILES string of the molecule is Cc1cnc(=O)n(Cc2nc(C(C)(C)N)no2)c1. The summed E-state index contributed by atoms with van der Waals surface area (Å²) in [7, 11) is 0. The standard InChI is InChI=1S/C11H15N5O2/c1-7-4-13-10(17)16(5-7)6-8-14-9(15-18-8)11(2,3)12/h4-5H,6,12H2,1-3H3. The predicted octanol–water partition coefficient (Wildman–Crippen LogP) is 0.177. The second-order valence-electron chi connectivity index (χ2n) is 4.78. The summed E-state index contributed by atoms with van der Waals surface area (Å²) in [5.74, 6) is 0.740. The lowest BCUT2D eigenvalue weighted by atomic mass is 10.1. The molecule has 96 valence electrons. The molecule has 0 saturated carbocycles. The van der Waals surface area contributed by atoms with Crippen LogP contribution in [0.3, 0.4) is 0 Å². The van der Waals surface area contributed by atoms with Gasteiger partial charge < -0.3 is 10.3 Å². The van der Waals surface area contributed by atoms with Crippen molar-refractivity contribution in [3.05, 3.63) is 40.2 Å². The number of nitrogens with zero attached hydrogens (tertiary/aromatic N) is 4. The molecule has 7 nitrogen and oxygen atoms in total. The Bertz CT molecular complexity index is 608. The van der Waals surface area contributed by atoms with Gasteiger partial charge in [0.05, 0.1) is 5.54 Å². The van der Waals surface area contributed by atoms with E-state index in [4.69, 9.17) is 10.3 Å². The highest BCUT2D eigenvalue weighted by atomic mass is 16.5. The summed E-state index contributed by atoms with van der Waals surface area (Å²) in [4.78, 5) is 19.4. The smallest absolute Gasteiger partial charge is 0.337 e. The first-order chi connectivity index (χ1) is 8.36. The molecule has 2 rings (SSSR count). The molecule has 2 aromatic rings. The minimum absolute atomic E-state index is 0.191. The lowest BCUT2D eigenvalue weighted by molar-refractivity contribution is 0.353. The van der Waals surface area contributed by atoms with Crippen molar-refractivity contribution in [2.75, 3.05) is 0 Å². The summed E-state index contributed by atoms with van der Waals surface area (Å²) in [6, 6.07) is 0. The molecule has 0 radical (unpaired) electrons. The summed E-state index contributed by atoms with van der Waals surface area (Å²) in [5.41, 5.74) is 5.71. The van der Waals surface area contributed by atoms with E-state index in [1.54, 1.807) is 20.0 Å². The van der Waals surface area contributed by atoms with E-state index in [9.17, 15) is 4.79 Å². The van der Waals surface area contributed by atoms with Crippen molar-refractivity contribution in [3.8, 4) is 0 Å². The van der Waals surface area contributed by atoms with Crippen molar-refractivity contribution in [3.63, 3.8) is 0 Å². The summed E-state index contributed by atoms with van der Waals surface area (Å²) in [6.45, 7) is 5.60. The minimum atomic E-state index is -0.669. The topological polar surface area (TPSA) is 99.8 Å². The van der Waals surface area contributed by atoms with E-state index in [1.165, 1.54) is 10.8 Å². The molecular weight excluding hydrogens is 234 g/mol. The molecule has 0 aliphatic carbocycles. The molecular formula is C11H15N5O2. The molecule has 7 heteroatoms. The molecule has 0 amide bonds. The fourth-order valence-corrected chi connectivity index (χ4v) is 1.41. The molecule has 0 atom stereocenters. The van der Waals surface area contributed by atoms with E-state index >= 15 is 0 Å². The average Bonchev–Trinajstić information content (AvgIpc) is 2.71. The maximum Gasteiger partial charge on any atom is 0.347 e. The first kappa shape index (κ1) is 12.4. The second-order valence-corrected chi connectivity index (χ2v) is 4.78. The van der Waals surface area contributed by atoms with Gasteiger partial charge in [0.1, 0.15) is 6.54 Å². The highest BCUT2D eigenvalue weighted by molar-refractivity contribution is 5.02. The highest BCUT2D eigenvalue weighted by Gasteiger charge is 2.21. The molecule has 18 heavy (non-hydrogen) atoms. The zero-order chi connectivity index (χ0) is 13.3. The Morgan fingerprint density at radius 1 is 1.50 bits per heavy atom. The van der Waals surface area contributed by atoms with Crippen molar-refractivity contribution in [2.24, 2.45) is 5.73 Å². The molecule has 0 aromatic carbocycles.